The van der Waals surface area contributed by atoms with Crippen LogP contribution in [-0.2, 0) is 13.6 Å². The topological polar surface area (TPSA) is 42.7 Å². The number of aromatic nitrogens is 3. The highest BCUT2D eigenvalue weighted by Gasteiger charge is 2.06. The van der Waals surface area contributed by atoms with E-state index < -0.39 is 0 Å². The molecule has 1 aromatic carbocycles. The SMILES string of the molecule is Cc1c2cc(NCc3cnc(Cl)s3)ccc2nn1C. The third kappa shape index (κ3) is 2.43. The molecule has 0 saturated heterocycles. The van der Waals surface area contributed by atoms with E-state index in [0.717, 1.165) is 22.6 Å². The highest BCUT2D eigenvalue weighted by Crippen LogP contribution is 2.23. The summed E-state index contributed by atoms with van der Waals surface area (Å²) in [6.45, 7) is 2.80. The van der Waals surface area contributed by atoms with Crippen LogP contribution in [0.1, 0.15) is 10.6 Å². The fourth-order valence-corrected chi connectivity index (χ4v) is 2.91. The van der Waals surface area contributed by atoms with Gasteiger partial charge in [0, 0.05) is 34.9 Å². The molecule has 0 unspecified atom stereocenters. The van der Waals surface area contributed by atoms with E-state index in [0.29, 0.717) is 4.47 Å². The minimum absolute atomic E-state index is 0.579. The van der Waals surface area contributed by atoms with Crippen LogP contribution in [0.2, 0.25) is 4.47 Å². The van der Waals surface area contributed by atoms with E-state index in [2.05, 4.69) is 28.4 Å². The molecule has 0 amide bonds. The van der Waals surface area contributed by atoms with Crippen molar-refractivity contribution in [3.05, 3.63) is 39.4 Å². The average molecular weight is 293 g/mol. The largest absolute Gasteiger partial charge is 0.380 e. The van der Waals surface area contributed by atoms with Gasteiger partial charge in [-0.05, 0) is 25.1 Å². The summed E-state index contributed by atoms with van der Waals surface area (Å²) in [7, 11) is 1.96. The third-order valence-corrected chi connectivity index (χ3v) is 4.24. The van der Waals surface area contributed by atoms with Gasteiger partial charge < -0.3 is 5.32 Å². The summed E-state index contributed by atoms with van der Waals surface area (Å²) in [5, 5.41) is 8.99. The second-order valence-corrected chi connectivity index (χ2v) is 6.07. The van der Waals surface area contributed by atoms with Crippen LogP contribution in [-0.4, -0.2) is 14.8 Å². The van der Waals surface area contributed by atoms with Crippen molar-refractivity contribution >= 4 is 39.5 Å². The number of hydrogen-bond donors (Lipinski definition) is 1. The first-order chi connectivity index (χ1) is 9.13. The summed E-state index contributed by atoms with van der Waals surface area (Å²) >= 11 is 7.31. The molecule has 0 fully saturated rings. The Bertz CT molecular complexity index is 731. The van der Waals surface area contributed by atoms with Crippen molar-refractivity contribution in [3.63, 3.8) is 0 Å². The second kappa shape index (κ2) is 4.83. The van der Waals surface area contributed by atoms with Crippen molar-refractivity contribution in [1.82, 2.24) is 14.8 Å². The fourth-order valence-electron chi connectivity index (χ4n) is 1.99. The molecule has 3 rings (SSSR count). The summed E-state index contributed by atoms with van der Waals surface area (Å²) in [5.41, 5.74) is 3.26. The highest BCUT2D eigenvalue weighted by molar-refractivity contribution is 7.15. The van der Waals surface area contributed by atoms with Crippen LogP contribution in [0.15, 0.2) is 24.4 Å². The van der Waals surface area contributed by atoms with E-state index in [1.807, 2.05) is 23.9 Å². The van der Waals surface area contributed by atoms with E-state index in [1.165, 1.54) is 22.4 Å². The van der Waals surface area contributed by atoms with Gasteiger partial charge in [-0.1, -0.05) is 11.6 Å². The maximum Gasteiger partial charge on any atom is 0.183 e. The normalized spacial score (nSPS) is 11.1. The van der Waals surface area contributed by atoms with Crippen LogP contribution in [0.3, 0.4) is 0 Å². The lowest BCUT2D eigenvalue weighted by Gasteiger charge is -2.04. The maximum atomic E-state index is 5.81. The third-order valence-electron chi connectivity index (χ3n) is 3.12. The molecule has 2 heterocycles. The molecule has 0 spiro atoms. The Balaban J connectivity index is 1.83. The minimum Gasteiger partial charge on any atom is -0.380 e. The molecule has 0 aliphatic heterocycles. The van der Waals surface area contributed by atoms with E-state index in [-0.39, 0.29) is 0 Å². The van der Waals surface area contributed by atoms with Gasteiger partial charge in [-0.3, -0.25) is 4.68 Å². The van der Waals surface area contributed by atoms with Gasteiger partial charge >= 0.3 is 0 Å². The van der Waals surface area contributed by atoms with Gasteiger partial charge in [0.15, 0.2) is 4.47 Å². The van der Waals surface area contributed by atoms with Gasteiger partial charge in [0.2, 0.25) is 0 Å². The molecule has 1 N–H and O–H groups in total. The lowest BCUT2D eigenvalue weighted by molar-refractivity contribution is 0.751. The zero-order chi connectivity index (χ0) is 13.4. The molecule has 4 nitrogen and oxygen atoms in total. The first kappa shape index (κ1) is 12.4. The predicted molar refractivity (Wildman–Crippen MR) is 79.9 cm³/mol. The zero-order valence-corrected chi connectivity index (χ0v) is 12.2. The number of fused-ring (bicyclic) bond motifs is 1. The zero-order valence-electron chi connectivity index (χ0n) is 10.6. The number of anilines is 1. The monoisotopic (exact) mass is 292 g/mol. The number of hydrogen-bond acceptors (Lipinski definition) is 4. The van der Waals surface area contributed by atoms with Crippen LogP contribution in [0.4, 0.5) is 5.69 Å². The molecule has 2 aromatic heterocycles. The fraction of sp³-hybridized carbons (Fsp3) is 0.231. The van der Waals surface area contributed by atoms with Crippen molar-refractivity contribution in [2.24, 2.45) is 7.05 Å². The summed E-state index contributed by atoms with van der Waals surface area (Å²) in [5.74, 6) is 0. The van der Waals surface area contributed by atoms with E-state index in [1.54, 1.807) is 6.20 Å². The van der Waals surface area contributed by atoms with E-state index in [9.17, 15) is 0 Å². The Morgan fingerprint density at radius 2 is 2.26 bits per heavy atom. The molecular weight excluding hydrogens is 280 g/mol. The maximum absolute atomic E-state index is 5.81. The number of benzene rings is 1. The van der Waals surface area contributed by atoms with Gasteiger partial charge in [0.25, 0.3) is 0 Å². The van der Waals surface area contributed by atoms with Crippen molar-refractivity contribution in [1.29, 1.82) is 0 Å². The Morgan fingerprint density at radius 1 is 1.42 bits per heavy atom. The summed E-state index contributed by atoms with van der Waals surface area (Å²) in [6.07, 6.45) is 1.80. The average Bonchev–Trinajstić information content (AvgIpc) is 2.93. The van der Waals surface area contributed by atoms with Gasteiger partial charge in [-0.25, -0.2) is 4.98 Å². The molecule has 0 saturated carbocycles. The van der Waals surface area contributed by atoms with Crippen molar-refractivity contribution in [3.8, 4) is 0 Å². The van der Waals surface area contributed by atoms with Crippen molar-refractivity contribution in [2.75, 3.05) is 5.32 Å². The number of rotatable bonds is 3. The van der Waals surface area contributed by atoms with Gasteiger partial charge in [0.1, 0.15) is 0 Å². The smallest absolute Gasteiger partial charge is 0.183 e. The lowest BCUT2D eigenvalue weighted by atomic mass is 10.2. The molecule has 6 heteroatoms. The van der Waals surface area contributed by atoms with Crippen LogP contribution < -0.4 is 5.32 Å². The number of halogens is 1. The molecule has 0 bridgehead atoms. The number of nitrogens with one attached hydrogen (secondary N) is 1. The molecule has 0 aliphatic rings. The quantitative estimate of drug-likeness (QED) is 0.802. The lowest BCUT2D eigenvalue weighted by Crippen LogP contribution is -1.96. The van der Waals surface area contributed by atoms with E-state index >= 15 is 0 Å². The molecule has 3 aromatic rings. The first-order valence-electron chi connectivity index (χ1n) is 5.91. The van der Waals surface area contributed by atoms with Crippen molar-refractivity contribution in [2.45, 2.75) is 13.5 Å². The van der Waals surface area contributed by atoms with Crippen LogP contribution in [0.25, 0.3) is 10.9 Å². The molecule has 19 heavy (non-hydrogen) atoms. The van der Waals surface area contributed by atoms with Crippen LogP contribution >= 0.6 is 22.9 Å². The standard InChI is InChI=1S/C13H13ClN4S/c1-8-11-5-9(3-4-12(11)17-18(8)2)15-6-10-7-16-13(14)19-10/h3-5,7,15H,6H2,1-2H3. The number of aryl methyl sites for hydroxylation is 2. The Hall–Kier alpha value is -1.59. The Kier molecular flexibility index (Phi) is 3.16. The predicted octanol–water partition coefficient (Wildman–Crippen LogP) is 3.60. The summed E-state index contributed by atoms with van der Waals surface area (Å²) in [6, 6.07) is 6.20. The molecule has 0 radical (unpaired) electrons. The van der Waals surface area contributed by atoms with Gasteiger partial charge in [0.05, 0.1) is 12.1 Å². The minimum atomic E-state index is 0.579. The first-order valence-corrected chi connectivity index (χ1v) is 7.10. The molecule has 0 aliphatic carbocycles. The molecule has 0 atom stereocenters. The second-order valence-electron chi connectivity index (χ2n) is 4.37. The van der Waals surface area contributed by atoms with Crippen molar-refractivity contribution < 1.29 is 0 Å². The Labute approximate surface area is 120 Å². The summed E-state index contributed by atoms with van der Waals surface area (Å²) < 4.78 is 2.48. The van der Waals surface area contributed by atoms with Gasteiger partial charge in [-0.2, -0.15) is 5.10 Å². The number of thiazole rings is 1. The van der Waals surface area contributed by atoms with E-state index in [4.69, 9.17) is 11.6 Å². The number of nitrogens with zero attached hydrogens (tertiary/aromatic N) is 3. The van der Waals surface area contributed by atoms with Crippen LogP contribution in [0, 0.1) is 6.92 Å². The van der Waals surface area contributed by atoms with Gasteiger partial charge in [-0.15, -0.1) is 11.3 Å². The summed E-state index contributed by atoms with van der Waals surface area (Å²) in [4.78, 5) is 5.15. The Morgan fingerprint density at radius 3 is 3.00 bits per heavy atom. The highest BCUT2D eigenvalue weighted by atomic mass is 35.5. The molecular formula is C13H13ClN4S. The van der Waals surface area contributed by atoms with Crippen LogP contribution in [0.5, 0.6) is 0 Å². The molecule has 98 valence electrons.